The number of amides is 6. The van der Waals surface area contributed by atoms with Crippen LogP contribution in [-0.4, -0.2) is 121 Å². The Hall–Kier alpha value is -7.47. The van der Waals surface area contributed by atoms with Gasteiger partial charge in [-0.3, -0.25) is 28.8 Å². The number of carbonyl (C=O) groups is 6. The highest BCUT2D eigenvalue weighted by atomic mass is 16.5. The van der Waals surface area contributed by atoms with Gasteiger partial charge in [-0.2, -0.15) is 5.26 Å². The van der Waals surface area contributed by atoms with Crippen LogP contribution in [-0.2, 0) is 35.8 Å². The van der Waals surface area contributed by atoms with Gasteiger partial charge >= 0.3 is 0 Å². The SMILES string of the molecule is Cc1nc(-c2ccc(C(C)(C)C)cc2)ncc1C(=O)N[C@@H](CCNCC(N)=O)C(=O)N(C)[C@@H]1C(=O)N[C@@H](C)C(=O)N[C@H](C(=O)NCC#N)Cc2ccc(OCCN)c(c2)-c2cc1ccc2OCCN. The van der Waals surface area contributed by atoms with Crippen LogP contribution in [0.2, 0.25) is 0 Å². The third kappa shape index (κ3) is 13.8. The lowest BCUT2D eigenvalue weighted by molar-refractivity contribution is -0.141. The second-order valence-corrected chi connectivity index (χ2v) is 17.6. The average molecular weight is 947 g/mol. The first kappa shape index (κ1) is 52.5. The molecule has 0 saturated heterocycles. The molecule has 69 heavy (non-hydrogen) atoms. The van der Waals surface area contributed by atoms with E-state index in [1.165, 1.54) is 20.2 Å². The maximum absolute atomic E-state index is 14.9. The Morgan fingerprint density at radius 2 is 1.59 bits per heavy atom. The van der Waals surface area contributed by atoms with Gasteiger partial charge in [-0.25, -0.2) is 9.97 Å². The zero-order valence-corrected chi connectivity index (χ0v) is 39.8. The summed E-state index contributed by atoms with van der Waals surface area (Å²) in [5, 5.41) is 22.8. The van der Waals surface area contributed by atoms with Crippen molar-refractivity contribution in [2.45, 2.75) is 77.0 Å². The van der Waals surface area contributed by atoms with Gasteiger partial charge in [-0.05, 0) is 73.2 Å². The number of carbonyl (C=O) groups excluding carboxylic acids is 6. The second-order valence-electron chi connectivity index (χ2n) is 17.6. The third-order valence-electron chi connectivity index (χ3n) is 11.3. The fraction of sp³-hybridized carbons (Fsp3) is 0.408. The van der Waals surface area contributed by atoms with Crippen molar-refractivity contribution in [1.29, 1.82) is 5.26 Å². The van der Waals surface area contributed by atoms with Crippen molar-refractivity contribution in [3.63, 3.8) is 0 Å². The first-order valence-electron chi connectivity index (χ1n) is 22.6. The van der Waals surface area contributed by atoms with E-state index < -0.39 is 59.6 Å². The average Bonchev–Trinajstić information content (AvgIpc) is 3.31. The molecular formula is C49H62N12O8. The Morgan fingerprint density at radius 3 is 2.20 bits per heavy atom. The minimum Gasteiger partial charge on any atom is -0.492 e. The quantitative estimate of drug-likeness (QED) is 0.0511. The Bertz CT molecular complexity index is 2560. The highest BCUT2D eigenvalue weighted by molar-refractivity contribution is 6.00. The number of ether oxygens (including phenoxy) is 2. The fourth-order valence-electron chi connectivity index (χ4n) is 7.61. The minimum absolute atomic E-state index is 0.0188. The number of hydrogen-bond acceptors (Lipinski definition) is 14. The van der Waals surface area contributed by atoms with Crippen LogP contribution >= 0.6 is 0 Å². The molecule has 3 aromatic carbocycles. The summed E-state index contributed by atoms with van der Waals surface area (Å²) in [6, 6.07) is 14.5. The van der Waals surface area contributed by atoms with Gasteiger partial charge < -0.3 is 58.2 Å². The van der Waals surface area contributed by atoms with E-state index in [1.807, 2.05) is 30.3 Å². The number of benzene rings is 3. The molecule has 0 aliphatic carbocycles. The van der Waals surface area contributed by atoms with Gasteiger partial charge in [0, 0.05) is 49.4 Å². The van der Waals surface area contributed by atoms with Crippen LogP contribution in [0.15, 0.2) is 66.9 Å². The van der Waals surface area contributed by atoms with Gasteiger partial charge in [0.1, 0.15) is 55.4 Å². The molecule has 20 heteroatoms. The smallest absolute Gasteiger partial charge is 0.255 e. The number of nitrogens with two attached hydrogens (primary N) is 3. The van der Waals surface area contributed by atoms with Gasteiger partial charge in [0.25, 0.3) is 5.91 Å². The molecule has 1 aromatic heterocycles. The highest BCUT2D eigenvalue weighted by Crippen LogP contribution is 2.40. The molecule has 4 aromatic rings. The van der Waals surface area contributed by atoms with Crippen LogP contribution in [0.3, 0.4) is 0 Å². The molecular weight excluding hydrogens is 885 g/mol. The Balaban J connectivity index is 1.59. The van der Waals surface area contributed by atoms with E-state index in [2.05, 4.69) is 57.3 Å². The maximum Gasteiger partial charge on any atom is 0.255 e. The fourth-order valence-corrected chi connectivity index (χ4v) is 7.61. The van der Waals surface area contributed by atoms with Crippen molar-refractivity contribution in [1.82, 2.24) is 41.5 Å². The molecule has 2 heterocycles. The van der Waals surface area contributed by atoms with Gasteiger partial charge in [0.15, 0.2) is 5.82 Å². The third-order valence-corrected chi connectivity index (χ3v) is 11.3. The summed E-state index contributed by atoms with van der Waals surface area (Å²) in [6.07, 6.45) is 1.30. The normalized spacial score (nSPS) is 16.4. The lowest BCUT2D eigenvalue weighted by atomic mass is 9.87. The second kappa shape index (κ2) is 24.0. The number of nitriles is 1. The van der Waals surface area contributed by atoms with Gasteiger partial charge in [-0.1, -0.05) is 57.2 Å². The maximum atomic E-state index is 14.9. The van der Waals surface area contributed by atoms with Crippen LogP contribution in [0.1, 0.15) is 72.9 Å². The Labute approximate surface area is 401 Å². The van der Waals surface area contributed by atoms with E-state index in [0.29, 0.717) is 39.7 Å². The van der Waals surface area contributed by atoms with E-state index in [0.717, 1.165) is 16.0 Å². The van der Waals surface area contributed by atoms with Crippen molar-refractivity contribution in [3.05, 3.63) is 94.8 Å². The molecule has 0 radical (unpaired) electrons. The number of rotatable bonds is 18. The number of aromatic nitrogens is 2. The standard InChI is InChI=1S/C49H62N12O8/c1-28-36(26-56-43(57-28)31-8-11-33(12-9-31)49(3,4)5)45(64)59-37(15-19-54-27-41(53)62)48(67)61(6)42-32-10-14-40(69-22-18-52)35(25-32)34-23-30(7-13-39(34)68-21-17-51)24-38(46(65)55-20-16-50)60-44(63)29(2)58-47(42)66/h7-14,23,25-26,29,37-38,42,54H,15,17-22,24,27,51-52H2,1-6H3,(H2,53,62)(H,55,65)(H,58,66)(H,59,64)(H,60,63)/t29-,37-,38-,42-/m0/s1. The van der Waals surface area contributed by atoms with Crippen LogP contribution in [0.4, 0.5) is 0 Å². The summed E-state index contributed by atoms with van der Waals surface area (Å²) in [7, 11) is 1.38. The number of nitrogens with zero attached hydrogens (tertiary/aromatic N) is 4. The van der Waals surface area contributed by atoms with Crippen molar-refractivity contribution >= 4 is 35.4 Å². The predicted molar refractivity (Wildman–Crippen MR) is 257 cm³/mol. The number of likely N-dealkylation sites (N-methyl/N-ethyl adjacent to an activating group) is 1. The molecule has 0 fully saturated rings. The Morgan fingerprint density at radius 1 is 0.942 bits per heavy atom. The van der Waals surface area contributed by atoms with E-state index >= 15 is 0 Å². The predicted octanol–water partition coefficient (Wildman–Crippen LogP) is 1.04. The molecule has 1 aliphatic rings. The van der Waals surface area contributed by atoms with Crippen LogP contribution in [0.5, 0.6) is 11.5 Å². The van der Waals surface area contributed by atoms with E-state index in [1.54, 1.807) is 43.3 Å². The Kier molecular flexibility index (Phi) is 18.3. The monoisotopic (exact) mass is 946 g/mol. The van der Waals surface area contributed by atoms with Gasteiger partial charge in [0.2, 0.25) is 29.5 Å². The summed E-state index contributed by atoms with van der Waals surface area (Å²) in [5.41, 5.74) is 21.1. The van der Waals surface area contributed by atoms with Crippen LogP contribution in [0, 0.1) is 18.3 Å². The molecule has 4 atom stereocenters. The molecule has 366 valence electrons. The summed E-state index contributed by atoms with van der Waals surface area (Å²) in [6.45, 7) is 9.51. The topological polar surface area (TPSA) is 312 Å². The van der Waals surface area contributed by atoms with Crippen LogP contribution in [0.25, 0.3) is 22.5 Å². The number of aryl methyl sites for hydroxylation is 1. The minimum atomic E-state index is -1.46. The van der Waals surface area contributed by atoms with Crippen molar-refractivity contribution in [3.8, 4) is 40.1 Å². The summed E-state index contributed by atoms with van der Waals surface area (Å²) in [5.74, 6) is -3.07. The summed E-state index contributed by atoms with van der Waals surface area (Å²) < 4.78 is 12.2. The molecule has 5 rings (SSSR count). The first-order chi connectivity index (χ1) is 32.9. The molecule has 4 bridgehead atoms. The zero-order valence-electron chi connectivity index (χ0n) is 39.8. The van der Waals surface area contributed by atoms with Crippen molar-refractivity contribution in [2.24, 2.45) is 17.2 Å². The molecule has 6 amide bonds. The first-order valence-corrected chi connectivity index (χ1v) is 22.6. The highest BCUT2D eigenvalue weighted by Gasteiger charge is 2.36. The number of nitrogens with one attached hydrogen (secondary N) is 5. The van der Waals surface area contributed by atoms with E-state index in [-0.39, 0.29) is 75.3 Å². The van der Waals surface area contributed by atoms with Gasteiger partial charge in [0.05, 0.1) is 23.9 Å². The summed E-state index contributed by atoms with van der Waals surface area (Å²) in [4.78, 5) is 92.8. The molecule has 0 spiro atoms. The number of hydrogen-bond donors (Lipinski definition) is 8. The number of primary amides is 1. The molecule has 0 unspecified atom stereocenters. The van der Waals surface area contributed by atoms with Crippen molar-refractivity contribution in [2.75, 3.05) is 53.0 Å². The largest absolute Gasteiger partial charge is 0.492 e. The van der Waals surface area contributed by atoms with Crippen LogP contribution < -0.4 is 53.3 Å². The molecule has 1 aliphatic heterocycles. The van der Waals surface area contributed by atoms with E-state index in [4.69, 9.17) is 26.7 Å². The molecule has 20 nitrogen and oxygen atoms in total. The summed E-state index contributed by atoms with van der Waals surface area (Å²) >= 11 is 0. The van der Waals surface area contributed by atoms with Crippen molar-refractivity contribution < 1.29 is 38.2 Å². The van der Waals surface area contributed by atoms with E-state index in [9.17, 15) is 34.0 Å². The molecule has 0 saturated carbocycles. The zero-order chi connectivity index (χ0) is 50.4. The van der Waals surface area contributed by atoms with Gasteiger partial charge in [-0.15, -0.1) is 0 Å². The molecule has 11 N–H and O–H groups in total. The lowest BCUT2D eigenvalue weighted by Gasteiger charge is -2.33. The number of fused-ring (bicyclic) bond motifs is 5. The lowest BCUT2D eigenvalue weighted by Crippen LogP contribution is -2.56.